The molecule has 1 heterocycles. The monoisotopic (exact) mass is 314 g/mol. The van der Waals surface area contributed by atoms with Crippen molar-refractivity contribution in [1.29, 1.82) is 0 Å². The molecule has 1 aliphatic rings. The molecule has 6 heteroatoms. The van der Waals surface area contributed by atoms with Crippen LogP contribution in [0.15, 0.2) is 24.3 Å². The number of halogens is 1. The van der Waals surface area contributed by atoms with Gasteiger partial charge in [0.25, 0.3) is 5.91 Å². The van der Waals surface area contributed by atoms with Crippen LogP contribution < -0.4 is 14.8 Å². The summed E-state index contributed by atoms with van der Waals surface area (Å²) in [6.07, 6.45) is 0.516. The Morgan fingerprint density at radius 3 is 2.52 bits per heavy atom. The summed E-state index contributed by atoms with van der Waals surface area (Å²) >= 11 is 0. The number of ether oxygens (including phenoxy) is 2. The highest BCUT2D eigenvalue weighted by Gasteiger charge is 2.22. The van der Waals surface area contributed by atoms with E-state index >= 15 is 0 Å². The zero-order valence-electron chi connectivity index (χ0n) is 12.5. The molecule has 118 valence electrons. The highest BCUT2D eigenvalue weighted by molar-refractivity contribution is 5.85. The van der Waals surface area contributed by atoms with Crippen molar-refractivity contribution >= 4 is 18.3 Å². The van der Waals surface area contributed by atoms with E-state index < -0.39 is 6.10 Å². The van der Waals surface area contributed by atoms with Gasteiger partial charge in [-0.2, -0.15) is 0 Å². The number of benzene rings is 1. The Morgan fingerprint density at radius 2 is 1.86 bits per heavy atom. The molecule has 1 atom stereocenters. The molecule has 1 fully saturated rings. The summed E-state index contributed by atoms with van der Waals surface area (Å²) in [5.41, 5.74) is 0. The van der Waals surface area contributed by atoms with Gasteiger partial charge in [0.1, 0.15) is 11.5 Å². The molecule has 0 spiro atoms. The van der Waals surface area contributed by atoms with Gasteiger partial charge in [-0.25, -0.2) is 0 Å². The second-order valence-electron chi connectivity index (χ2n) is 4.86. The largest absolute Gasteiger partial charge is 0.497 e. The second kappa shape index (κ2) is 8.74. The number of hydrogen-bond acceptors (Lipinski definition) is 4. The maximum absolute atomic E-state index is 12.3. The lowest BCUT2D eigenvalue weighted by atomic mass is 10.3. The van der Waals surface area contributed by atoms with E-state index in [9.17, 15) is 4.79 Å². The van der Waals surface area contributed by atoms with Crippen LogP contribution in [0.3, 0.4) is 0 Å². The predicted octanol–water partition coefficient (Wildman–Crippen LogP) is 1.71. The average molecular weight is 315 g/mol. The molecule has 1 N–H and O–H groups in total. The van der Waals surface area contributed by atoms with Gasteiger partial charge in [-0.1, -0.05) is 0 Å². The number of carbonyl (C=O) groups is 1. The lowest BCUT2D eigenvalue weighted by Crippen LogP contribution is -2.42. The fourth-order valence-corrected chi connectivity index (χ4v) is 2.23. The van der Waals surface area contributed by atoms with Crippen molar-refractivity contribution < 1.29 is 14.3 Å². The fraction of sp³-hybridized carbons (Fsp3) is 0.533. The van der Waals surface area contributed by atoms with Gasteiger partial charge in [0.05, 0.1) is 7.11 Å². The van der Waals surface area contributed by atoms with Crippen molar-refractivity contribution in [1.82, 2.24) is 10.2 Å². The van der Waals surface area contributed by atoms with Gasteiger partial charge >= 0.3 is 0 Å². The smallest absolute Gasteiger partial charge is 0.263 e. The minimum atomic E-state index is -0.471. The number of amides is 1. The molecule has 0 aromatic heterocycles. The number of hydrogen-bond donors (Lipinski definition) is 1. The van der Waals surface area contributed by atoms with Gasteiger partial charge < -0.3 is 19.7 Å². The third-order valence-electron chi connectivity index (χ3n) is 3.37. The molecule has 1 aliphatic heterocycles. The quantitative estimate of drug-likeness (QED) is 0.919. The summed E-state index contributed by atoms with van der Waals surface area (Å²) in [6, 6.07) is 7.27. The summed E-state index contributed by atoms with van der Waals surface area (Å²) in [5.74, 6) is 1.50. The van der Waals surface area contributed by atoms with Gasteiger partial charge in [0, 0.05) is 19.6 Å². The molecule has 0 radical (unpaired) electrons. The maximum Gasteiger partial charge on any atom is 0.263 e. The normalized spacial score (nSPS) is 16.4. The summed E-state index contributed by atoms with van der Waals surface area (Å²) in [4.78, 5) is 14.2. The van der Waals surface area contributed by atoms with Crippen molar-refractivity contribution in [3.63, 3.8) is 0 Å². The lowest BCUT2D eigenvalue weighted by Gasteiger charge is -2.24. The molecule has 1 aromatic carbocycles. The molecule has 5 nitrogen and oxygen atoms in total. The molecular weight excluding hydrogens is 292 g/mol. The zero-order chi connectivity index (χ0) is 14.4. The summed E-state index contributed by atoms with van der Waals surface area (Å²) in [6.45, 7) is 5.15. The van der Waals surface area contributed by atoms with E-state index in [1.165, 1.54) is 0 Å². The van der Waals surface area contributed by atoms with E-state index in [1.54, 1.807) is 14.0 Å². The highest BCUT2D eigenvalue weighted by atomic mass is 35.5. The van der Waals surface area contributed by atoms with Crippen LogP contribution in [0.25, 0.3) is 0 Å². The summed E-state index contributed by atoms with van der Waals surface area (Å²) in [5, 5.41) is 3.28. The predicted molar refractivity (Wildman–Crippen MR) is 84.4 cm³/mol. The van der Waals surface area contributed by atoms with Crippen LogP contribution in [0.1, 0.15) is 13.3 Å². The van der Waals surface area contributed by atoms with Gasteiger partial charge in [0.2, 0.25) is 0 Å². The van der Waals surface area contributed by atoms with Crippen LogP contribution in [0.4, 0.5) is 0 Å². The Hall–Kier alpha value is -1.46. The molecule has 2 rings (SSSR count). The van der Waals surface area contributed by atoms with Gasteiger partial charge in [-0.3, -0.25) is 4.79 Å². The van der Waals surface area contributed by atoms with Crippen LogP contribution in [0.2, 0.25) is 0 Å². The first-order valence-corrected chi connectivity index (χ1v) is 7.01. The Labute approximate surface area is 132 Å². The van der Waals surface area contributed by atoms with Crippen molar-refractivity contribution in [2.75, 3.05) is 33.3 Å². The first-order chi connectivity index (χ1) is 9.70. The second-order valence-corrected chi connectivity index (χ2v) is 4.86. The van der Waals surface area contributed by atoms with E-state index in [-0.39, 0.29) is 18.3 Å². The average Bonchev–Trinajstić information content (AvgIpc) is 2.76. The molecule has 1 aromatic rings. The summed E-state index contributed by atoms with van der Waals surface area (Å²) in [7, 11) is 1.62. The molecule has 1 amide bonds. The number of nitrogens with one attached hydrogen (secondary N) is 1. The van der Waals surface area contributed by atoms with Crippen molar-refractivity contribution in [3.8, 4) is 11.5 Å². The van der Waals surface area contributed by atoms with Crippen LogP contribution >= 0.6 is 12.4 Å². The van der Waals surface area contributed by atoms with Crippen LogP contribution in [0.5, 0.6) is 11.5 Å². The number of nitrogens with zero attached hydrogens (tertiary/aromatic N) is 1. The maximum atomic E-state index is 12.3. The minimum Gasteiger partial charge on any atom is -0.497 e. The van der Waals surface area contributed by atoms with Crippen LogP contribution in [-0.4, -0.2) is 50.2 Å². The van der Waals surface area contributed by atoms with Gasteiger partial charge in [-0.15, -0.1) is 12.4 Å². The Morgan fingerprint density at radius 1 is 1.19 bits per heavy atom. The fourth-order valence-electron chi connectivity index (χ4n) is 2.23. The zero-order valence-corrected chi connectivity index (χ0v) is 13.3. The van der Waals surface area contributed by atoms with E-state index in [1.807, 2.05) is 29.2 Å². The minimum absolute atomic E-state index is 0. The van der Waals surface area contributed by atoms with E-state index in [0.717, 1.165) is 38.3 Å². The van der Waals surface area contributed by atoms with E-state index in [4.69, 9.17) is 9.47 Å². The van der Waals surface area contributed by atoms with E-state index in [2.05, 4.69) is 5.32 Å². The SMILES string of the molecule is COc1ccc(OC(C)C(=O)N2CCCNCC2)cc1.Cl. The molecule has 1 saturated heterocycles. The highest BCUT2D eigenvalue weighted by Crippen LogP contribution is 2.18. The lowest BCUT2D eigenvalue weighted by molar-refractivity contribution is -0.137. The van der Waals surface area contributed by atoms with E-state index in [0.29, 0.717) is 5.75 Å². The van der Waals surface area contributed by atoms with Crippen LogP contribution in [-0.2, 0) is 4.79 Å². The van der Waals surface area contributed by atoms with Gasteiger partial charge in [-0.05, 0) is 44.2 Å². The first-order valence-electron chi connectivity index (χ1n) is 7.01. The van der Waals surface area contributed by atoms with Crippen molar-refractivity contribution in [2.24, 2.45) is 0 Å². The number of rotatable bonds is 4. The first kappa shape index (κ1) is 17.6. The Bertz CT molecular complexity index is 431. The van der Waals surface area contributed by atoms with Crippen LogP contribution in [0, 0.1) is 0 Å². The molecular formula is C15H23ClN2O3. The number of carbonyl (C=O) groups excluding carboxylic acids is 1. The molecule has 21 heavy (non-hydrogen) atoms. The Balaban J connectivity index is 0.00000220. The standard InChI is InChI=1S/C15H22N2O3.ClH/c1-12(15(18)17-10-3-8-16-9-11-17)20-14-6-4-13(19-2)5-7-14;/h4-7,12,16H,3,8-11H2,1-2H3;1H. The Kier molecular flexibility index (Phi) is 7.32. The molecule has 0 aliphatic carbocycles. The van der Waals surface area contributed by atoms with Crippen molar-refractivity contribution in [2.45, 2.75) is 19.4 Å². The number of methoxy groups -OCH3 is 1. The third kappa shape index (κ3) is 5.10. The van der Waals surface area contributed by atoms with Crippen molar-refractivity contribution in [3.05, 3.63) is 24.3 Å². The third-order valence-corrected chi connectivity index (χ3v) is 3.37. The van der Waals surface area contributed by atoms with Gasteiger partial charge in [0.15, 0.2) is 6.10 Å². The molecule has 1 unspecified atom stereocenters. The molecule has 0 bridgehead atoms. The topological polar surface area (TPSA) is 50.8 Å². The summed E-state index contributed by atoms with van der Waals surface area (Å²) < 4.78 is 10.8. The molecule has 0 saturated carbocycles.